The molecule has 0 radical (unpaired) electrons. The Morgan fingerprint density at radius 3 is 0.500 bits per heavy atom. The Morgan fingerprint density at radius 1 is 0.333 bits per heavy atom. The summed E-state index contributed by atoms with van der Waals surface area (Å²) in [6.07, 6.45) is 0. The normalized spacial score (nSPS) is 45.8. The molecule has 30 heavy (non-hydrogen) atoms. The summed E-state index contributed by atoms with van der Waals surface area (Å²) in [5.41, 5.74) is 12.4. The van der Waals surface area contributed by atoms with Crippen LogP contribution in [0.3, 0.4) is 0 Å². The maximum Gasteiger partial charge on any atom is 0.212 e. The highest BCUT2D eigenvalue weighted by atomic mass is 28.5. The van der Waals surface area contributed by atoms with Crippen LogP contribution >= 0.6 is 0 Å². The van der Waals surface area contributed by atoms with Crippen LogP contribution in [0.25, 0.3) is 0 Å². The second kappa shape index (κ2) is 9.55. The molecule has 6 nitrogen and oxygen atoms in total. The van der Waals surface area contributed by atoms with Crippen LogP contribution in [-0.2, 0) is 0 Å². The van der Waals surface area contributed by atoms with Gasteiger partial charge < -0.3 is 27.9 Å². The Balaban J connectivity index is 3.70. The molecular weight excluding hydrogens is 469 g/mol. The highest BCUT2D eigenvalue weighted by Gasteiger charge is 2.49. The van der Waals surface area contributed by atoms with Crippen molar-refractivity contribution in [2.45, 2.75) is 39.3 Å². The Kier molecular flexibility index (Phi) is 8.77. The molecule has 1 heterocycles. The number of nitrogens with one attached hydrogen (secondary N) is 6. The predicted molar refractivity (Wildman–Crippen MR) is 150 cm³/mol. The van der Waals surface area contributed by atoms with E-state index in [0.29, 0.717) is 0 Å². The van der Waals surface area contributed by atoms with E-state index in [1.54, 1.807) is 0 Å². The van der Waals surface area contributed by atoms with Gasteiger partial charge in [-0.05, 0) is 39.3 Å². The van der Waals surface area contributed by atoms with Crippen molar-refractivity contribution in [3.05, 3.63) is 73.7 Å². The van der Waals surface area contributed by atoms with E-state index in [-0.39, 0.29) is 0 Å². The lowest BCUT2D eigenvalue weighted by Crippen LogP contribution is -2.89. The quantitative estimate of drug-likeness (QED) is 0.308. The van der Waals surface area contributed by atoms with Crippen molar-refractivity contribution in [2.24, 2.45) is 0 Å². The summed E-state index contributed by atoms with van der Waals surface area (Å²) >= 11 is 0. The topological polar surface area (TPSA) is 72.2 Å². The zero-order chi connectivity index (χ0) is 23.5. The molecule has 0 spiro atoms. The molecular formula is C18H42N6Si6. The van der Waals surface area contributed by atoms with E-state index in [4.69, 9.17) is 0 Å². The van der Waals surface area contributed by atoms with E-state index in [2.05, 4.69) is 141 Å². The number of hydrogen-bond donors (Lipinski definition) is 6. The van der Waals surface area contributed by atoms with Gasteiger partial charge in [-0.15, -0.1) is 39.5 Å². The van der Waals surface area contributed by atoms with Crippen molar-refractivity contribution in [2.75, 3.05) is 0 Å². The van der Waals surface area contributed by atoms with Crippen LogP contribution in [0.2, 0.25) is 39.3 Å². The van der Waals surface area contributed by atoms with Gasteiger partial charge in [-0.1, -0.05) is 34.2 Å². The standard InChI is InChI=1S/C18H42N6Si6/c1-13-25(7)19-26(8,14-2)21-28(10,16-4)23-30(12,18-6)24-29(11,17-5)22-27(9,15-3)20-25/h13-24H,1-6H2,7-12H3. The molecule has 1 aliphatic heterocycles. The predicted octanol–water partition coefficient (Wildman–Crippen LogP) is 2.32. The molecule has 1 rings (SSSR count). The maximum atomic E-state index is 4.18. The lowest BCUT2D eigenvalue weighted by atomic mass is 11.3. The molecule has 12 heteroatoms. The molecule has 1 aliphatic rings. The van der Waals surface area contributed by atoms with Gasteiger partial charge in [-0.2, -0.15) is 0 Å². The summed E-state index contributed by atoms with van der Waals surface area (Å²) < 4.78 is 23.8. The van der Waals surface area contributed by atoms with Gasteiger partial charge in [0.15, 0.2) is 0 Å². The van der Waals surface area contributed by atoms with Crippen molar-refractivity contribution in [3.8, 4) is 0 Å². The monoisotopic (exact) mass is 510 g/mol. The molecule has 6 N–H and O–H groups in total. The van der Waals surface area contributed by atoms with Crippen LogP contribution < -0.4 is 27.9 Å². The largest absolute Gasteiger partial charge is 0.330 e. The van der Waals surface area contributed by atoms with Crippen LogP contribution in [0.4, 0.5) is 0 Å². The van der Waals surface area contributed by atoms with E-state index in [9.17, 15) is 0 Å². The molecule has 0 saturated carbocycles. The second-order valence-corrected chi connectivity index (χ2v) is 32.1. The first-order chi connectivity index (χ1) is 13.6. The summed E-state index contributed by atoms with van der Waals surface area (Å²) in [6, 6.07) is 0. The van der Waals surface area contributed by atoms with Gasteiger partial charge in [-0.3, -0.25) is 0 Å². The molecule has 168 valence electrons. The molecule has 0 aliphatic carbocycles. The summed E-state index contributed by atoms with van der Waals surface area (Å²) in [5.74, 6) is 0. The van der Waals surface area contributed by atoms with Crippen molar-refractivity contribution in [1.29, 1.82) is 0 Å². The fourth-order valence-electron chi connectivity index (χ4n) is 4.04. The van der Waals surface area contributed by atoms with E-state index in [0.717, 1.165) is 0 Å². The fraction of sp³-hybridized carbons (Fsp3) is 0.333. The van der Waals surface area contributed by atoms with Crippen molar-refractivity contribution in [1.82, 2.24) is 27.9 Å². The lowest BCUT2D eigenvalue weighted by Gasteiger charge is -2.49. The minimum atomic E-state index is -2.26. The van der Waals surface area contributed by atoms with Crippen LogP contribution in [0.15, 0.2) is 73.7 Å². The van der Waals surface area contributed by atoms with Gasteiger partial charge in [0.2, 0.25) is 50.4 Å². The van der Waals surface area contributed by atoms with E-state index in [1.807, 2.05) is 0 Å². The molecule has 0 bridgehead atoms. The van der Waals surface area contributed by atoms with Gasteiger partial charge in [0.1, 0.15) is 0 Å². The zero-order valence-corrected chi connectivity index (χ0v) is 25.7. The average molecular weight is 511 g/mol. The molecule has 0 unspecified atom stereocenters. The fourth-order valence-corrected chi connectivity index (χ4v) is 39.7. The summed E-state index contributed by atoms with van der Waals surface area (Å²) in [4.78, 5) is 0. The van der Waals surface area contributed by atoms with Crippen molar-refractivity contribution < 1.29 is 0 Å². The van der Waals surface area contributed by atoms with Gasteiger partial charge in [0.05, 0.1) is 0 Å². The third-order valence-corrected chi connectivity index (χ3v) is 35.4. The molecule has 1 fully saturated rings. The third kappa shape index (κ3) is 6.75. The minimum Gasteiger partial charge on any atom is -0.330 e. The first-order valence-electron chi connectivity index (χ1n) is 10.2. The zero-order valence-electron chi connectivity index (χ0n) is 19.7. The highest BCUT2D eigenvalue weighted by Crippen LogP contribution is 2.15. The Bertz CT molecular complexity index is 559. The van der Waals surface area contributed by atoms with Gasteiger partial charge >= 0.3 is 0 Å². The summed E-state index contributed by atoms with van der Waals surface area (Å²) in [7, 11) is -13.6. The molecule has 1 saturated heterocycles. The Labute approximate surface area is 190 Å². The maximum absolute atomic E-state index is 4.18. The van der Waals surface area contributed by atoms with Gasteiger partial charge in [0.25, 0.3) is 0 Å². The summed E-state index contributed by atoms with van der Waals surface area (Å²) in [6.45, 7) is 38.6. The molecule has 0 amide bonds. The Morgan fingerprint density at radius 2 is 0.433 bits per heavy atom. The van der Waals surface area contributed by atoms with E-state index < -0.39 is 50.4 Å². The van der Waals surface area contributed by atoms with Gasteiger partial charge in [-0.25, -0.2) is 0 Å². The van der Waals surface area contributed by atoms with E-state index in [1.165, 1.54) is 0 Å². The van der Waals surface area contributed by atoms with Crippen LogP contribution in [0.1, 0.15) is 0 Å². The lowest BCUT2D eigenvalue weighted by molar-refractivity contribution is 1.07. The molecule has 0 aromatic heterocycles. The minimum absolute atomic E-state index is 2.06. The number of hydrogen-bond acceptors (Lipinski definition) is 6. The third-order valence-electron chi connectivity index (χ3n) is 5.57. The van der Waals surface area contributed by atoms with Crippen LogP contribution in [-0.4, -0.2) is 50.4 Å². The SMILES string of the molecule is C=C[Si]1(C)N[Si](C)(C=C)N[Si](C)(C=C)N[Si](C)(C=C)N[Si](C)(C=C)N[Si](C)(C=C)N1. The average Bonchev–Trinajstić information content (AvgIpc) is 2.66. The molecule has 0 aromatic rings. The second-order valence-electron chi connectivity index (χ2n) is 9.19. The number of rotatable bonds is 6. The molecule has 0 aromatic carbocycles. The van der Waals surface area contributed by atoms with Gasteiger partial charge in [0, 0.05) is 0 Å². The smallest absolute Gasteiger partial charge is 0.212 e. The van der Waals surface area contributed by atoms with Crippen molar-refractivity contribution >= 4 is 50.4 Å². The first-order valence-corrected chi connectivity index (χ1v) is 25.6. The van der Waals surface area contributed by atoms with Crippen molar-refractivity contribution in [3.63, 3.8) is 0 Å². The highest BCUT2D eigenvalue weighted by molar-refractivity contribution is 7.10. The summed E-state index contributed by atoms with van der Waals surface area (Å²) in [5, 5.41) is 0. The van der Waals surface area contributed by atoms with E-state index >= 15 is 0 Å². The van der Waals surface area contributed by atoms with Crippen LogP contribution in [0, 0.1) is 0 Å². The first kappa shape index (κ1) is 27.5. The Hall–Kier alpha value is -0.499. The van der Waals surface area contributed by atoms with Crippen LogP contribution in [0.5, 0.6) is 0 Å². The molecule has 0 atom stereocenters.